The van der Waals surface area contributed by atoms with Crippen molar-refractivity contribution in [3.8, 4) is 0 Å². The highest BCUT2D eigenvalue weighted by molar-refractivity contribution is 5.85. The predicted molar refractivity (Wildman–Crippen MR) is 220 cm³/mol. The zero-order valence-electron chi connectivity index (χ0n) is 34.5. The molecular weight excluding hydrogens is 763 g/mol. The lowest BCUT2D eigenvalue weighted by Gasteiger charge is -2.33. The number of piperidine rings is 2. The normalized spacial score (nSPS) is 21.2. The van der Waals surface area contributed by atoms with Gasteiger partial charge in [0.1, 0.15) is 0 Å². The van der Waals surface area contributed by atoms with Gasteiger partial charge in [-0.1, -0.05) is 44.2 Å². The summed E-state index contributed by atoms with van der Waals surface area (Å²) >= 11 is 0. The summed E-state index contributed by atoms with van der Waals surface area (Å²) in [5, 5.41) is 39.5. The Labute approximate surface area is 346 Å². The first-order chi connectivity index (χ1) is 28.1. The lowest BCUT2D eigenvalue weighted by molar-refractivity contribution is -0.140. The Bertz CT molecular complexity index is 1530. The Morgan fingerprint density at radius 3 is 1.90 bits per heavy atom. The highest BCUT2D eigenvalue weighted by Crippen LogP contribution is 2.17. The van der Waals surface area contributed by atoms with E-state index in [1.807, 2.05) is 44.2 Å². The van der Waals surface area contributed by atoms with Crippen LogP contribution in [0.15, 0.2) is 30.3 Å². The van der Waals surface area contributed by atoms with Crippen molar-refractivity contribution in [3.63, 3.8) is 0 Å². The van der Waals surface area contributed by atoms with Crippen molar-refractivity contribution in [1.82, 2.24) is 37.2 Å². The second-order valence-corrected chi connectivity index (χ2v) is 16.4. The van der Waals surface area contributed by atoms with Gasteiger partial charge in [0.2, 0.25) is 29.5 Å². The van der Waals surface area contributed by atoms with Crippen LogP contribution in [0.1, 0.15) is 90.0 Å². The number of carbonyl (C=O) groups is 7. The zero-order chi connectivity index (χ0) is 43.3. The number of nitrogens with one attached hydrogen (secondary N) is 7. The Morgan fingerprint density at radius 2 is 1.29 bits per heavy atom. The first-order valence-corrected chi connectivity index (χ1v) is 21.0. The summed E-state index contributed by atoms with van der Waals surface area (Å²) in [6.07, 6.45) is 1.94. The van der Waals surface area contributed by atoms with Crippen molar-refractivity contribution < 1.29 is 43.8 Å². The van der Waals surface area contributed by atoms with Crippen LogP contribution in [-0.4, -0.2) is 121 Å². The van der Waals surface area contributed by atoms with Crippen molar-refractivity contribution in [2.45, 2.75) is 127 Å². The van der Waals surface area contributed by atoms with Gasteiger partial charge in [-0.2, -0.15) is 0 Å². The SMILES string of the molecule is CC(C)C[C@@H](CC(=O)N[C@@H](CCCN)CC(=O)N[C@@H]1CCNC[C@H]1C(=O)N[C@H](CC(=O)N[C@@H](CCC(=O)O)CC(=O)O)Cc1ccccc1)NC(=O)[C@@H]1CNCC[C@H]1N. The molecule has 2 heterocycles. The number of carboxylic acids is 2. The van der Waals surface area contributed by atoms with E-state index < -0.39 is 66.3 Å². The molecule has 0 aromatic heterocycles. The predicted octanol–water partition coefficient (Wildman–Crippen LogP) is -0.506. The van der Waals surface area contributed by atoms with Crippen LogP contribution in [0.3, 0.4) is 0 Å². The zero-order valence-corrected chi connectivity index (χ0v) is 34.5. The third-order valence-corrected chi connectivity index (χ3v) is 10.7. The third-order valence-electron chi connectivity index (χ3n) is 10.7. The second-order valence-electron chi connectivity index (χ2n) is 16.4. The average Bonchev–Trinajstić information content (AvgIpc) is 3.16. The molecule has 8 atom stereocenters. The van der Waals surface area contributed by atoms with E-state index in [1.54, 1.807) is 0 Å². The molecule has 0 saturated carbocycles. The third kappa shape index (κ3) is 18.9. The standard InChI is InChI=1S/C41H67N9O9/c1-25(2)17-29(48-40(58)31-23-44-15-12-33(31)43)20-35(51)46-27(9-6-14-42)19-37(53)50-34-13-16-45-24-32(34)41(59)49-30(18-26-7-4-3-5-8-26)21-36(52)47-28(22-39(56)57)10-11-38(54)55/h3-5,7-8,25,27-34,44-45H,6,9-24,42-43H2,1-2H3,(H,46,51)(H,47,52)(H,48,58)(H,49,59)(H,50,53)(H,54,55)(H,56,57)/t27-,28-,29-,30-,31+,32+,33+,34+/m0/s1. The van der Waals surface area contributed by atoms with Crippen LogP contribution in [0.5, 0.6) is 0 Å². The van der Waals surface area contributed by atoms with Gasteiger partial charge in [0.05, 0.1) is 18.3 Å². The van der Waals surface area contributed by atoms with E-state index in [1.165, 1.54) is 0 Å². The molecule has 2 aliphatic heterocycles. The lowest BCUT2D eigenvalue weighted by Crippen LogP contribution is -2.57. The smallest absolute Gasteiger partial charge is 0.305 e. The fourth-order valence-corrected chi connectivity index (χ4v) is 7.76. The summed E-state index contributed by atoms with van der Waals surface area (Å²) < 4.78 is 0. The van der Waals surface area contributed by atoms with Gasteiger partial charge in [0, 0.05) is 75.0 Å². The molecule has 3 rings (SSSR count). The fraction of sp³-hybridized carbons (Fsp3) is 0.683. The molecule has 0 aliphatic carbocycles. The molecule has 0 bridgehead atoms. The minimum Gasteiger partial charge on any atom is -0.481 e. The highest BCUT2D eigenvalue weighted by Gasteiger charge is 2.35. The van der Waals surface area contributed by atoms with Gasteiger partial charge in [-0.25, -0.2) is 0 Å². The molecule has 13 N–H and O–H groups in total. The van der Waals surface area contributed by atoms with Crippen LogP contribution in [-0.2, 0) is 40.0 Å². The number of hydrogen-bond acceptors (Lipinski definition) is 11. The van der Waals surface area contributed by atoms with Crippen molar-refractivity contribution in [2.75, 3.05) is 32.7 Å². The van der Waals surface area contributed by atoms with Crippen molar-refractivity contribution >= 4 is 41.5 Å². The van der Waals surface area contributed by atoms with Gasteiger partial charge in [-0.15, -0.1) is 0 Å². The molecule has 1 aromatic rings. The maximum absolute atomic E-state index is 13.9. The number of amides is 5. The molecule has 2 aliphatic rings. The minimum absolute atomic E-state index is 0.0291. The van der Waals surface area contributed by atoms with E-state index in [9.17, 15) is 38.7 Å². The summed E-state index contributed by atoms with van der Waals surface area (Å²) in [4.78, 5) is 89.8. The van der Waals surface area contributed by atoms with E-state index in [0.717, 1.165) is 12.1 Å². The average molecular weight is 830 g/mol. The van der Waals surface area contributed by atoms with E-state index in [4.69, 9.17) is 16.6 Å². The molecule has 1 aromatic carbocycles. The van der Waals surface area contributed by atoms with Crippen LogP contribution < -0.4 is 48.7 Å². The number of carboxylic acid groups (broad SMARTS) is 2. The van der Waals surface area contributed by atoms with E-state index in [-0.39, 0.29) is 80.7 Å². The molecule has 59 heavy (non-hydrogen) atoms. The summed E-state index contributed by atoms with van der Waals surface area (Å²) in [5.74, 6) is -4.96. The van der Waals surface area contributed by atoms with Crippen LogP contribution in [0.2, 0.25) is 0 Å². The summed E-state index contributed by atoms with van der Waals surface area (Å²) in [7, 11) is 0. The molecule has 2 saturated heterocycles. The van der Waals surface area contributed by atoms with Gasteiger partial charge in [0.15, 0.2) is 0 Å². The molecule has 0 radical (unpaired) electrons. The maximum atomic E-state index is 13.9. The number of hydrogen-bond donors (Lipinski definition) is 11. The number of aliphatic carboxylic acids is 2. The van der Waals surface area contributed by atoms with Crippen LogP contribution in [0.25, 0.3) is 0 Å². The fourth-order valence-electron chi connectivity index (χ4n) is 7.76. The number of nitrogens with two attached hydrogens (primary N) is 2. The summed E-state index contributed by atoms with van der Waals surface area (Å²) in [5.41, 5.74) is 12.9. The first-order valence-electron chi connectivity index (χ1n) is 21.0. The largest absolute Gasteiger partial charge is 0.481 e. The van der Waals surface area contributed by atoms with Gasteiger partial charge in [-0.05, 0) is 76.1 Å². The van der Waals surface area contributed by atoms with E-state index >= 15 is 0 Å². The number of benzene rings is 1. The molecular formula is C41H67N9O9. The van der Waals surface area contributed by atoms with Gasteiger partial charge in [0.25, 0.3) is 0 Å². The van der Waals surface area contributed by atoms with Crippen LogP contribution in [0.4, 0.5) is 0 Å². The monoisotopic (exact) mass is 830 g/mol. The van der Waals surface area contributed by atoms with Gasteiger partial charge >= 0.3 is 11.9 Å². The Morgan fingerprint density at radius 1 is 0.712 bits per heavy atom. The van der Waals surface area contributed by atoms with Crippen molar-refractivity contribution in [1.29, 1.82) is 0 Å². The summed E-state index contributed by atoms with van der Waals surface area (Å²) in [6, 6.07) is 5.82. The number of carbonyl (C=O) groups excluding carboxylic acids is 5. The molecule has 2 fully saturated rings. The molecule has 0 unspecified atom stereocenters. The van der Waals surface area contributed by atoms with Gasteiger partial charge < -0.3 is 58.9 Å². The lowest BCUT2D eigenvalue weighted by atomic mass is 9.91. The van der Waals surface area contributed by atoms with Crippen LogP contribution in [0, 0.1) is 17.8 Å². The van der Waals surface area contributed by atoms with E-state index in [0.29, 0.717) is 51.7 Å². The van der Waals surface area contributed by atoms with Crippen LogP contribution >= 0.6 is 0 Å². The van der Waals surface area contributed by atoms with E-state index in [2.05, 4.69) is 37.2 Å². The van der Waals surface area contributed by atoms with Crippen molar-refractivity contribution in [3.05, 3.63) is 35.9 Å². The molecule has 5 amide bonds. The maximum Gasteiger partial charge on any atom is 0.305 e. The second kappa shape index (κ2) is 25.8. The highest BCUT2D eigenvalue weighted by atomic mass is 16.4. The first kappa shape index (κ1) is 48.7. The molecule has 330 valence electrons. The Kier molecular flexibility index (Phi) is 21.3. The molecule has 18 heteroatoms. The van der Waals surface area contributed by atoms with Gasteiger partial charge in [-0.3, -0.25) is 33.6 Å². The summed E-state index contributed by atoms with van der Waals surface area (Å²) in [6.45, 7) is 6.42. The quantitative estimate of drug-likeness (QED) is 0.0593. The Hall–Kier alpha value is -4.65. The minimum atomic E-state index is -1.18. The Balaban J connectivity index is 1.65. The number of rotatable bonds is 25. The molecule has 18 nitrogen and oxygen atoms in total. The van der Waals surface area contributed by atoms with Crippen molar-refractivity contribution in [2.24, 2.45) is 29.2 Å². The molecule has 0 spiro atoms. The topological polar surface area (TPSA) is 296 Å².